The van der Waals surface area contributed by atoms with Crippen LogP contribution in [0.5, 0.6) is 0 Å². The van der Waals surface area contributed by atoms with E-state index in [9.17, 15) is 14.9 Å². The Morgan fingerprint density at radius 2 is 2.07 bits per heavy atom. The summed E-state index contributed by atoms with van der Waals surface area (Å²) < 4.78 is 6.84. The number of fused-ring (bicyclic) bond motifs is 1. The summed E-state index contributed by atoms with van der Waals surface area (Å²) in [6.07, 6.45) is 2.80. The monoisotopic (exact) mass is 382 g/mol. The summed E-state index contributed by atoms with van der Waals surface area (Å²) >= 11 is 5.97. The van der Waals surface area contributed by atoms with Crippen molar-refractivity contribution in [3.8, 4) is 11.5 Å². The molecule has 134 valence electrons. The summed E-state index contributed by atoms with van der Waals surface area (Å²) in [5.74, 6) is 0.393. The predicted octanol–water partition coefficient (Wildman–Crippen LogP) is 3.66. The first-order valence-corrected chi connectivity index (χ1v) is 8.23. The molecule has 0 aliphatic carbocycles. The Bertz CT molecular complexity index is 1230. The molecule has 4 rings (SSSR count). The van der Waals surface area contributed by atoms with Crippen molar-refractivity contribution in [3.05, 3.63) is 86.2 Å². The molecule has 0 atom stereocenters. The van der Waals surface area contributed by atoms with Gasteiger partial charge in [-0.25, -0.2) is 9.97 Å². The van der Waals surface area contributed by atoms with Crippen LogP contribution < -0.4 is 5.56 Å². The second kappa shape index (κ2) is 6.65. The fraction of sp³-hybridized carbons (Fsp3) is 0.0556. The zero-order valence-corrected chi connectivity index (χ0v) is 14.5. The molecule has 0 saturated carbocycles. The number of nitro groups is 1. The van der Waals surface area contributed by atoms with E-state index in [2.05, 4.69) is 9.97 Å². The average Bonchev–Trinajstić information content (AvgIpc) is 3.12. The van der Waals surface area contributed by atoms with Crippen molar-refractivity contribution < 1.29 is 9.34 Å². The molecular weight excluding hydrogens is 372 g/mol. The molecule has 0 unspecified atom stereocenters. The number of halogens is 1. The molecule has 27 heavy (non-hydrogen) atoms. The summed E-state index contributed by atoms with van der Waals surface area (Å²) in [7, 11) is 0. The summed E-state index contributed by atoms with van der Waals surface area (Å²) in [5, 5.41) is 11.7. The maximum atomic E-state index is 12.6. The Balaban J connectivity index is 1.66. The Labute approximate surface area is 156 Å². The number of rotatable bonds is 4. The smallest absolute Gasteiger partial charge is 0.271 e. The number of nitrogens with zero attached hydrogens (tertiary/aromatic N) is 4. The van der Waals surface area contributed by atoms with Gasteiger partial charge in [0, 0.05) is 22.7 Å². The van der Waals surface area contributed by atoms with E-state index in [1.54, 1.807) is 18.2 Å². The minimum atomic E-state index is -0.528. The highest BCUT2D eigenvalue weighted by Gasteiger charge is 2.12. The third-order valence-electron chi connectivity index (χ3n) is 3.98. The largest absolute Gasteiger partial charge is 0.444 e. The van der Waals surface area contributed by atoms with Crippen molar-refractivity contribution in [2.75, 3.05) is 0 Å². The van der Waals surface area contributed by atoms with E-state index in [-0.39, 0.29) is 23.3 Å². The average molecular weight is 383 g/mol. The van der Waals surface area contributed by atoms with Gasteiger partial charge in [0.1, 0.15) is 6.26 Å². The van der Waals surface area contributed by atoms with Crippen LogP contribution in [0.2, 0.25) is 5.02 Å². The molecule has 4 aromatic rings. The molecule has 2 aromatic heterocycles. The maximum absolute atomic E-state index is 12.6. The zero-order chi connectivity index (χ0) is 19.0. The van der Waals surface area contributed by atoms with Gasteiger partial charge in [-0.15, -0.1) is 0 Å². The van der Waals surface area contributed by atoms with Gasteiger partial charge in [0.2, 0.25) is 5.89 Å². The number of nitro benzene ring substituents is 1. The fourth-order valence-electron chi connectivity index (χ4n) is 2.68. The van der Waals surface area contributed by atoms with E-state index in [4.69, 9.17) is 16.0 Å². The lowest BCUT2D eigenvalue weighted by Gasteiger charge is -2.04. The van der Waals surface area contributed by atoms with E-state index in [0.29, 0.717) is 22.0 Å². The second-order valence-electron chi connectivity index (χ2n) is 5.79. The Kier molecular flexibility index (Phi) is 4.17. The van der Waals surface area contributed by atoms with E-state index < -0.39 is 4.92 Å². The van der Waals surface area contributed by atoms with E-state index in [1.807, 2.05) is 6.07 Å². The summed E-state index contributed by atoms with van der Waals surface area (Å²) in [4.78, 5) is 31.4. The van der Waals surface area contributed by atoms with Gasteiger partial charge in [0.15, 0.2) is 0 Å². The van der Waals surface area contributed by atoms with Crippen molar-refractivity contribution in [2.24, 2.45) is 0 Å². The van der Waals surface area contributed by atoms with Crippen molar-refractivity contribution in [2.45, 2.75) is 6.54 Å². The Hall–Kier alpha value is -3.52. The topological polar surface area (TPSA) is 104 Å². The van der Waals surface area contributed by atoms with E-state index in [0.717, 1.165) is 5.56 Å². The van der Waals surface area contributed by atoms with Gasteiger partial charge in [-0.2, -0.15) is 0 Å². The molecule has 9 heteroatoms. The Morgan fingerprint density at radius 1 is 1.22 bits per heavy atom. The van der Waals surface area contributed by atoms with E-state index >= 15 is 0 Å². The second-order valence-corrected chi connectivity index (χ2v) is 6.23. The first kappa shape index (κ1) is 16.9. The summed E-state index contributed by atoms with van der Waals surface area (Å²) in [6, 6.07) is 11.0. The highest BCUT2D eigenvalue weighted by atomic mass is 35.5. The number of benzene rings is 2. The normalized spacial score (nSPS) is 11.0. The van der Waals surface area contributed by atoms with Crippen molar-refractivity contribution in [3.63, 3.8) is 0 Å². The quantitative estimate of drug-likeness (QED) is 0.394. The molecule has 0 aliphatic rings. The number of hydrogen-bond acceptors (Lipinski definition) is 6. The van der Waals surface area contributed by atoms with Gasteiger partial charge < -0.3 is 4.42 Å². The fourth-order valence-corrected chi connectivity index (χ4v) is 2.87. The number of aromatic nitrogens is 3. The van der Waals surface area contributed by atoms with Crippen LogP contribution in [-0.2, 0) is 6.54 Å². The molecule has 0 bridgehead atoms. The van der Waals surface area contributed by atoms with Crippen LogP contribution in [0, 0.1) is 10.1 Å². The standard InChI is InChI=1S/C18H11ClN4O4/c19-12-3-1-2-11(6-12)17-21-13(9-27-17)8-22-10-20-16-7-14(23(25)26)4-5-15(16)18(22)24/h1-7,9-10H,8H2. The molecule has 2 aromatic carbocycles. The summed E-state index contributed by atoms with van der Waals surface area (Å²) in [5.41, 5.74) is 1.10. The first-order valence-electron chi connectivity index (χ1n) is 7.85. The van der Waals surface area contributed by atoms with Crippen molar-refractivity contribution in [1.82, 2.24) is 14.5 Å². The van der Waals surface area contributed by atoms with Crippen LogP contribution in [0.1, 0.15) is 5.69 Å². The molecule has 0 aliphatic heterocycles. The number of hydrogen-bond donors (Lipinski definition) is 0. The van der Waals surface area contributed by atoms with E-state index in [1.165, 1.54) is 35.4 Å². The molecule has 0 saturated heterocycles. The lowest BCUT2D eigenvalue weighted by atomic mass is 10.2. The zero-order valence-electron chi connectivity index (χ0n) is 13.7. The highest BCUT2D eigenvalue weighted by molar-refractivity contribution is 6.30. The van der Waals surface area contributed by atoms with Gasteiger partial charge in [0.05, 0.1) is 34.4 Å². The van der Waals surface area contributed by atoms with Gasteiger partial charge in [-0.05, 0) is 24.3 Å². The lowest BCUT2D eigenvalue weighted by Crippen LogP contribution is -2.21. The summed E-state index contributed by atoms with van der Waals surface area (Å²) in [6.45, 7) is 0.156. The van der Waals surface area contributed by atoms with Crippen LogP contribution >= 0.6 is 11.6 Å². The van der Waals surface area contributed by atoms with Crippen LogP contribution in [0.3, 0.4) is 0 Å². The third-order valence-corrected chi connectivity index (χ3v) is 4.21. The van der Waals surface area contributed by atoms with Crippen LogP contribution in [0.4, 0.5) is 5.69 Å². The number of non-ortho nitro benzene ring substituents is 1. The molecular formula is C18H11ClN4O4. The molecule has 0 spiro atoms. The van der Waals surface area contributed by atoms with Gasteiger partial charge in [-0.3, -0.25) is 19.5 Å². The van der Waals surface area contributed by atoms with Gasteiger partial charge >= 0.3 is 0 Å². The molecule has 0 fully saturated rings. The van der Waals surface area contributed by atoms with Crippen LogP contribution in [0.15, 0.2) is 64.3 Å². The predicted molar refractivity (Wildman–Crippen MR) is 98.7 cm³/mol. The molecule has 8 nitrogen and oxygen atoms in total. The minimum absolute atomic E-state index is 0.116. The van der Waals surface area contributed by atoms with Crippen LogP contribution in [-0.4, -0.2) is 19.5 Å². The molecule has 0 radical (unpaired) electrons. The Morgan fingerprint density at radius 3 is 2.85 bits per heavy atom. The SMILES string of the molecule is O=c1c2ccc([N+](=O)[O-])cc2ncn1Cc1coc(-c2cccc(Cl)c2)n1. The number of oxazole rings is 1. The molecule has 0 N–H and O–H groups in total. The maximum Gasteiger partial charge on any atom is 0.271 e. The highest BCUT2D eigenvalue weighted by Crippen LogP contribution is 2.22. The first-order chi connectivity index (χ1) is 13.0. The lowest BCUT2D eigenvalue weighted by molar-refractivity contribution is -0.384. The molecule has 0 amide bonds. The molecule has 2 heterocycles. The van der Waals surface area contributed by atoms with Gasteiger partial charge in [-0.1, -0.05) is 17.7 Å². The minimum Gasteiger partial charge on any atom is -0.444 e. The van der Waals surface area contributed by atoms with Crippen LogP contribution in [0.25, 0.3) is 22.4 Å². The van der Waals surface area contributed by atoms with Gasteiger partial charge in [0.25, 0.3) is 11.2 Å². The van der Waals surface area contributed by atoms with Crippen molar-refractivity contribution in [1.29, 1.82) is 0 Å². The third kappa shape index (κ3) is 3.30. The van der Waals surface area contributed by atoms with Crippen molar-refractivity contribution >= 4 is 28.2 Å².